The van der Waals surface area contributed by atoms with E-state index in [-0.39, 0.29) is 31.3 Å². The molecule has 18 heteroatoms. The van der Waals surface area contributed by atoms with Crippen LogP contribution in [0.25, 0.3) is 11.0 Å². The van der Waals surface area contributed by atoms with Crippen LogP contribution < -0.4 is 5.32 Å². The molecule has 3 fully saturated rings. The van der Waals surface area contributed by atoms with Gasteiger partial charge >= 0.3 is 18.2 Å². The van der Waals surface area contributed by atoms with Gasteiger partial charge in [-0.3, -0.25) is 24.5 Å². The number of carbonyl (C=O) groups is 5. The van der Waals surface area contributed by atoms with E-state index in [0.717, 1.165) is 11.8 Å². The number of alkyl carbamates (subject to hydrolysis) is 1. The normalized spacial score (nSPS) is 37.0. The highest BCUT2D eigenvalue weighted by atomic mass is 19.1. The number of rotatable bonds is 9. The Bertz CT molecular complexity index is 1920. The number of Topliss-reactive ketones (excluding diaryl/α,β-unsaturated/α-hetero) is 2. The summed E-state index contributed by atoms with van der Waals surface area (Å²) in [5.74, 6) is -6.40. The Morgan fingerprint density at radius 1 is 1.05 bits per heavy atom. The van der Waals surface area contributed by atoms with E-state index in [2.05, 4.69) is 15.3 Å². The van der Waals surface area contributed by atoms with Crippen molar-refractivity contribution >= 4 is 40.8 Å². The van der Waals surface area contributed by atoms with Gasteiger partial charge in [0.1, 0.15) is 24.6 Å². The van der Waals surface area contributed by atoms with Crippen LogP contribution in [0, 0.1) is 17.8 Å². The molecule has 332 valence electrons. The number of fused-ring (bicyclic) bond motifs is 2. The summed E-state index contributed by atoms with van der Waals surface area (Å²) >= 11 is 0. The summed E-state index contributed by atoms with van der Waals surface area (Å²) < 4.78 is 52.5. The molecule has 13 atom stereocenters. The summed E-state index contributed by atoms with van der Waals surface area (Å²) in [6, 6.07) is 3.62. The maximum Gasteiger partial charge on any atom is 0.412 e. The molecular weight excluding hydrogens is 785 g/mol. The van der Waals surface area contributed by atoms with Gasteiger partial charge in [-0.1, -0.05) is 33.8 Å². The van der Waals surface area contributed by atoms with E-state index in [1.165, 1.54) is 21.0 Å². The largest absolute Gasteiger partial charge is 0.455 e. The number of methoxy groups -OCH3 is 1. The number of amides is 2. The van der Waals surface area contributed by atoms with Crippen molar-refractivity contribution in [2.24, 2.45) is 17.8 Å². The van der Waals surface area contributed by atoms with Crippen LogP contribution in [0.4, 0.5) is 14.0 Å². The quantitative estimate of drug-likeness (QED) is 0.207. The second-order valence-electron chi connectivity index (χ2n) is 17.2. The first-order valence-electron chi connectivity index (χ1n) is 20.4. The third-order valence-corrected chi connectivity index (χ3v) is 12.5. The van der Waals surface area contributed by atoms with Crippen LogP contribution >= 0.6 is 0 Å². The van der Waals surface area contributed by atoms with E-state index in [0.29, 0.717) is 23.0 Å². The highest BCUT2D eigenvalue weighted by Crippen LogP contribution is 2.43. The van der Waals surface area contributed by atoms with Gasteiger partial charge in [0, 0.05) is 43.3 Å². The van der Waals surface area contributed by atoms with Crippen molar-refractivity contribution in [3.8, 4) is 0 Å². The molecular formula is C42H60FN5O12. The van der Waals surface area contributed by atoms with E-state index in [4.69, 9.17) is 28.4 Å². The Morgan fingerprint density at radius 3 is 2.35 bits per heavy atom. The lowest BCUT2D eigenvalue weighted by Gasteiger charge is -2.47. The van der Waals surface area contributed by atoms with Gasteiger partial charge in [-0.25, -0.2) is 18.8 Å². The first-order valence-corrected chi connectivity index (χ1v) is 20.4. The van der Waals surface area contributed by atoms with Crippen LogP contribution in [0.5, 0.6) is 0 Å². The molecule has 3 aliphatic heterocycles. The average molecular weight is 846 g/mol. The van der Waals surface area contributed by atoms with E-state index in [1.807, 2.05) is 11.8 Å². The van der Waals surface area contributed by atoms with Crippen molar-refractivity contribution in [1.29, 1.82) is 0 Å². The van der Waals surface area contributed by atoms with Crippen molar-refractivity contribution in [2.45, 2.75) is 141 Å². The summed E-state index contributed by atoms with van der Waals surface area (Å²) in [7, 11) is 4.96. The predicted octanol–water partition coefficient (Wildman–Crippen LogP) is 4.11. The number of likely N-dealkylation sites (N-methyl/N-ethyl adjacent to an activating group) is 1. The lowest BCUT2D eigenvalue weighted by molar-refractivity contribution is -0.295. The Labute approximate surface area is 349 Å². The molecule has 0 bridgehead atoms. The number of cyclic esters (lactones) is 1. The molecule has 1 aromatic carbocycles. The standard InChI is InChI=1S/C42H60FN5O12/c1-12-30-42(8)33(48(39(54)60-42)21-46-38(53)56-20-26-13-14-27-28(18-26)45-16-15-44-27)24(4)31(49)22(2)19-40(6,55-11)35(25(5)34(51)41(7,43)37(52)58-30)59-36-32(50)29(47(9)10)17-23(3)57-36/h13-16,18,22-25,29-30,32-33,35-36,50H,12,17,19-21H2,1-11H3,(H,46,53)/t22-,23-,24+,25+,29+,30-,32-,33?,35-,36+,40-,41+,42-/m1/s1. The number of hydrogen-bond donors (Lipinski definition) is 2. The number of nitrogens with zero attached hydrogens (tertiary/aromatic N) is 4. The second kappa shape index (κ2) is 18.3. The zero-order chi connectivity index (χ0) is 44.5. The Balaban J connectivity index is 1.47. The van der Waals surface area contributed by atoms with Crippen LogP contribution in [-0.2, 0) is 49.4 Å². The molecule has 0 radical (unpaired) electrons. The smallest absolute Gasteiger partial charge is 0.412 e. The number of aliphatic hydroxyl groups excluding tert-OH is 1. The Morgan fingerprint density at radius 2 is 1.72 bits per heavy atom. The molecule has 0 saturated carbocycles. The molecule has 3 saturated heterocycles. The lowest BCUT2D eigenvalue weighted by atomic mass is 9.73. The first kappa shape index (κ1) is 46.7. The Hall–Kier alpha value is -4.36. The van der Waals surface area contributed by atoms with Gasteiger partial charge in [-0.2, -0.15) is 0 Å². The van der Waals surface area contributed by atoms with Gasteiger partial charge in [-0.05, 0) is 78.7 Å². The number of aliphatic hydroxyl groups is 1. The van der Waals surface area contributed by atoms with Gasteiger partial charge in [0.2, 0.25) is 0 Å². The SMILES string of the molecule is CC[C@H]1OC(=O)[C@@](C)(F)C(=O)[C@H](C)[C@@H](O[C@@H]2O[C@H](C)C[C@H](N(C)C)[C@H]2O)[C@](C)(OC)C[C@@H](C)C(=O)[C@H](C)C2N(CNC(=O)OCc3ccc4nccnc4c3)C(=O)O[C@@]21C. The fraction of sp³-hybridized carbons (Fsp3) is 0.690. The van der Waals surface area contributed by atoms with E-state index >= 15 is 4.39 Å². The van der Waals surface area contributed by atoms with Gasteiger partial charge in [0.15, 0.2) is 17.7 Å². The molecule has 1 aromatic heterocycles. The molecule has 2 amide bonds. The molecule has 2 aromatic rings. The van der Waals surface area contributed by atoms with Crippen LogP contribution in [0.1, 0.15) is 80.2 Å². The fourth-order valence-electron chi connectivity index (χ4n) is 9.09. The number of ether oxygens (including phenoxy) is 6. The number of carbonyl (C=O) groups excluding carboxylic acids is 5. The number of hydrogen-bond acceptors (Lipinski definition) is 15. The van der Waals surface area contributed by atoms with Crippen molar-refractivity contribution in [3.05, 3.63) is 36.2 Å². The number of alkyl halides is 1. The van der Waals surface area contributed by atoms with Crippen molar-refractivity contribution in [2.75, 3.05) is 27.9 Å². The number of aromatic nitrogens is 2. The molecule has 2 N–H and O–H groups in total. The van der Waals surface area contributed by atoms with Gasteiger partial charge in [-0.15, -0.1) is 0 Å². The van der Waals surface area contributed by atoms with E-state index in [1.54, 1.807) is 72.4 Å². The van der Waals surface area contributed by atoms with Gasteiger partial charge in [0.05, 0.1) is 41.6 Å². The lowest BCUT2D eigenvalue weighted by Crippen LogP contribution is -2.62. The minimum absolute atomic E-state index is 0.0165. The predicted molar refractivity (Wildman–Crippen MR) is 213 cm³/mol. The number of nitrogens with one attached hydrogen (secondary N) is 1. The average Bonchev–Trinajstić information content (AvgIpc) is 3.47. The highest BCUT2D eigenvalue weighted by Gasteiger charge is 2.62. The zero-order valence-electron chi connectivity index (χ0n) is 36.3. The molecule has 3 aliphatic rings. The van der Waals surface area contributed by atoms with Gasteiger partial charge < -0.3 is 43.7 Å². The maximum absolute atomic E-state index is 16.9. The molecule has 1 unspecified atom stereocenters. The monoisotopic (exact) mass is 845 g/mol. The Kier molecular flexibility index (Phi) is 14.3. The zero-order valence-corrected chi connectivity index (χ0v) is 36.3. The van der Waals surface area contributed by atoms with Crippen LogP contribution in [0.3, 0.4) is 0 Å². The third-order valence-electron chi connectivity index (χ3n) is 12.5. The van der Waals surface area contributed by atoms with Crippen molar-refractivity contribution in [3.63, 3.8) is 0 Å². The first-order chi connectivity index (χ1) is 28.1. The van der Waals surface area contributed by atoms with E-state index < -0.39 is 102 Å². The number of halogens is 1. The van der Waals surface area contributed by atoms with Crippen molar-refractivity contribution in [1.82, 2.24) is 25.1 Å². The molecule has 0 spiro atoms. The molecule has 17 nitrogen and oxygen atoms in total. The van der Waals surface area contributed by atoms with Gasteiger partial charge in [0.25, 0.3) is 5.67 Å². The summed E-state index contributed by atoms with van der Waals surface area (Å²) in [4.78, 5) is 81.0. The molecule has 60 heavy (non-hydrogen) atoms. The minimum Gasteiger partial charge on any atom is -0.455 e. The number of benzene rings is 1. The number of ketones is 2. The molecule has 0 aliphatic carbocycles. The van der Waals surface area contributed by atoms with Crippen LogP contribution in [-0.4, -0.2) is 142 Å². The summed E-state index contributed by atoms with van der Waals surface area (Å²) in [6.45, 7) is 11.3. The van der Waals surface area contributed by atoms with E-state index in [9.17, 15) is 29.1 Å². The summed E-state index contributed by atoms with van der Waals surface area (Å²) in [5.41, 5.74) is -4.63. The maximum atomic E-state index is 16.9. The second-order valence-corrected chi connectivity index (χ2v) is 17.2. The minimum atomic E-state index is -3.25. The molecule has 4 heterocycles. The summed E-state index contributed by atoms with van der Waals surface area (Å²) in [6.07, 6.45) is -3.92. The van der Waals surface area contributed by atoms with Crippen molar-refractivity contribution < 1.29 is 61.9 Å². The van der Waals surface area contributed by atoms with Crippen LogP contribution in [0.15, 0.2) is 30.6 Å². The summed E-state index contributed by atoms with van der Waals surface area (Å²) in [5, 5.41) is 14.0. The fourth-order valence-corrected chi connectivity index (χ4v) is 9.09. The molecule has 5 rings (SSSR count). The number of esters is 1. The third kappa shape index (κ3) is 9.27. The van der Waals surface area contributed by atoms with Crippen LogP contribution in [0.2, 0.25) is 0 Å². The topological polar surface area (TPSA) is 205 Å². The highest BCUT2D eigenvalue weighted by molar-refractivity contribution is 6.08.